The van der Waals surface area contributed by atoms with Gasteiger partial charge in [-0.3, -0.25) is 4.79 Å². The number of hydrogen-bond acceptors (Lipinski definition) is 5. The van der Waals surface area contributed by atoms with Gasteiger partial charge in [-0.05, 0) is 13.3 Å². The van der Waals surface area contributed by atoms with Crippen LogP contribution in [0.2, 0.25) is 0 Å². The van der Waals surface area contributed by atoms with Gasteiger partial charge in [0.1, 0.15) is 0 Å². The third-order valence-corrected chi connectivity index (χ3v) is 1.96. The molecular formula is C7H12N4OS. The Morgan fingerprint density at radius 2 is 2.62 bits per heavy atom. The number of amides is 1. The third-order valence-electron chi connectivity index (χ3n) is 1.48. The molecule has 13 heavy (non-hydrogen) atoms. The van der Waals surface area contributed by atoms with E-state index in [1.54, 1.807) is 0 Å². The molecule has 0 aliphatic rings. The number of hydrogen-bond donors (Lipinski definition) is 2. The number of nitrogens with zero attached hydrogens (tertiary/aromatic N) is 2. The standard InChI is InChI=1S/C7H12N4OS/c1-5(8)2-3-9-7(12)6-4-10-13-11-6/h4-5H,2-3,8H2,1H3,(H,9,12). The van der Waals surface area contributed by atoms with Crippen LogP contribution in [0.4, 0.5) is 0 Å². The van der Waals surface area contributed by atoms with Crippen LogP contribution in [-0.4, -0.2) is 27.2 Å². The van der Waals surface area contributed by atoms with Gasteiger partial charge in [0, 0.05) is 12.6 Å². The number of carbonyl (C=O) groups is 1. The van der Waals surface area contributed by atoms with Gasteiger partial charge < -0.3 is 11.1 Å². The molecule has 0 spiro atoms. The Bertz CT molecular complexity index is 259. The maximum absolute atomic E-state index is 11.2. The van der Waals surface area contributed by atoms with E-state index in [4.69, 9.17) is 5.73 Å². The summed E-state index contributed by atoms with van der Waals surface area (Å²) in [5.74, 6) is -0.186. The van der Waals surface area contributed by atoms with Crippen molar-refractivity contribution in [2.24, 2.45) is 5.73 Å². The molecule has 1 amide bonds. The monoisotopic (exact) mass is 200 g/mol. The van der Waals surface area contributed by atoms with Gasteiger partial charge in [-0.2, -0.15) is 8.75 Å². The highest BCUT2D eigenvalue weighted by molar-refractivity contribution is 6.99. The average Bonchev–Trinajstić information content (AvgIpc) is 2.55. The number of rotatable bonds is 4. The van der Waals surface area contributed by atoms with Crippen molar-refractivity contribution in [1.82, 2.24) is 14.1 Å². The number of nitrogens with two attached hydrogens (primary N) is 1. The van der Waals surface area contributed by atoms with Crippen molar-refractivity contribution in [1.29, 1.82) is 0 Å². The summed E-state index contributed by atoms with van der Waals surface area (Å²) in [5.41, 5.74) is 5.89. The highest BCUT2D eigenvalue weighted by Gasteiger charge is 2.07. The van der Waals surface area contributed by atoms with Crippen LogP contribution in [0.1, 0.15) is 23.8 Å². The third kappa shape index (κ3) is 3.47. The Balaban J connectivity index is 2.27. The summed E-state index contributed by atoms with van der Waals surface area (Å²) in [4.78, 5) is 11.2. The van der Waals surface area contributed by atoms with Crippen molar-refractivity contribution in [2.75, 3.05) is 6.54 Å². The molecule has 1 aromatic heterocycles. The van der Waals surface area contributed by atoms with Crippen LogP contribution in [-0.2, 0) is 0 Å². The van der Waals surface area contributed by atoms with Crippen molar-refractivity contribution in [3.63, 3.8) is 0 Å². The molecule has 72 valence electrons. The maximum atomic E-state index is 11.2. The van der Waals surface area contributed by atoms with Crippen molar-refractivity contribution in [3.8, 4) is 0 Å². The maximum Gasteiger partial charge on any atom is 0.272 e. The predicted octanol–water partition coefficient (Wildman–Crippen LogP) is 0.00520. The van der Waals surface area contributed by atoms with E-state index >= 15 is 0 Å². The molecule has 0 saturated heterocycles. The van der Waals surface area contributed by atoms with E-state index in [1.807, 2.05) is 6.92 Å². The lowest BCUT2D eigenvalue weighted by molar-refractivity contribution is 0.0949. The number of carbonyl (C=O) groups excluding carboxylic acids is 1. The van der Waals surface area contributed by atoms with Gasteiger partial charge in [0.25, 0.3) is 5.91 Å². The van der Waals surface area contributed by atoms with Crippen LogP contribution < -0.4 is 11.1 Å². The molecule has 1 atom stereocenters. The lowest BCUT2D eigenvalue weighted by Gasteiger charge is -2.04. The second-order valence-corrected chi connectivity index (χ2v) is 3.37. The van der Waals surface area contributed by atoms with Crippen molar-refractivity contribution in [2.45, 2.75) is 19.4 Å². The molecule has 6 heteroatoms. The largest absolute Gasteiger partial charge is 0.351 e. The molecule has 1 aromatic rings. The van der Waals surface area contributed by atoms with Gasteiger partial charge in [-0.1, -0.05) is 0 Å². The number of aromatic nitrogens is 2. The highest BCUT2D eigenvalue weighted by Crippen LogP contribution is 1.94. The molecule has 0 aliphatic carbocycles. The Labute approximate surface area is 80.7 Å². The molecule has 1 rings (SSSR count). The fraction of sp³-hybridized carbons (Fsp3) is 0.571. The molecule has 0 fully saturated rings. The van der Waals surface area contributed by atoms with Crippen molar-refractivity contribution >= 4 is 17.6 Å². The second kappa shape index (κ2) is 4.88. The van der Waals surface area contributed by atoms with Gasteiger partial charge in [-0.25, -0.2) is 0 Å². The Morgan fingerprint density at radius 3 is 3.15 bits per heavy atom. The van der Waals surface area contributed by atoms with Crippen LogP contribution >= 0.6 is 11.7 Å². The Morgan fingerprint density at radius 1 is 1.85 bits per heavy atom. The van der Waals surface area contributed by atoms with Gasteiger partial charge >= 0.3 is 0 Å². The first-order valence-electron chi connectivity index (χ1n) is 4.01. The van der Waals surface area contributed by atoms with Crippen LogP contribution in [0.5, 0.6) is 0 Å². The van der Waals surface area contributed by atoms with E-state index in [2.05, 4.69) is 14.1 Å². The Hall–Kier alpha value is -1.01. The SMILES string of the molecule is CC(N)CCNC(=O)c1cnsn1. The second-order valence-electron chi connectivity index (χ2n) is 2.81. The molecule has 0 radical (unpaired) electrons. The summed E-state index contributed by atoms with van der Waals surface area (Å²) in [6.07, 6.45) is 2.22. The molecule has 0 bridgehead atoms. The molecule has 0 aliphatic heterocycles. The molecule has 1 heterocycles. The van der Waals surface area contributed by atoms with E-state index in [-0.39, 0.29) is 11.9 Å². The van der Waals surface area contributed by atoms with E-state index in [9.17, 15) is 4.79 Å². The fourth-order valence-electron chi connectivity index (χ4n) is 0.769. The van der Waals surface area contributed by atoms with E-state index < -0.39 is 0 Å². The lowest BCUT2D eigenvalue weighted by Crippen LogP contribution is -2.29. The van der Waals surface area contributed by atoms with E-state index in [0.717, 1.165) is 18.1 Å². The van der Waals surface area contributed by atoms with Gasteiger partial charge in [-0.15, -0.1) is 0 Å². The molecule has 5 nitrogen and oxygen atoms in total. The van der Waals surface area contributed by atoms with Crippen LogP contribution in [0.25, 0.3) is 0 Å². The molecule has 0 aromatic carbocycles. The first-order valence-corrected chi connectivity index (χ1v) is 4.74. The zero-order chi connectivity index (χ0) is 9.68. The minimum absolute atomic E-state index is 0.105. The lowest BCUT2D eigenvalue weighted by atomic mass is 10.2. The smallest absolute Gasteiger partial charge is 0.272 e. The quantitative estimate of drug-likeness (QED) is 0.717. The molecule has 3 N–H and O–H groups in total. The molecular weight excluding hydrogens is 188 g/mol. The van der Waals surface area contributed by atoms with Gasteiger partial charge in [0.2, 0.25) is 0 Å². The van der Waals surface area contributed by atoms with E-state index in [1.165, 1.54) is 6.20 Å². The van der Waals surface area contributed by atoms with Crippen molar-refractivity contribution < 1.29 is 4.79 Å². The topological polar surface area (TPSA) is 80.9 Å². The van der Waals surface area contributed by atoms with Gasteiger partial charge in [0.15, 0.2) is 5.69 Å². The summed E-state index contributed by atoms with van der Waals surface area (Å²) in [7, 11) is 0. The zero-order valence-corrected chi connectivity index (χ0v) is 8.17. The zero-order valence-electron chi connectivity index (χ0n) is 7.36. The molecule has 0 saturated carbocycles. The van der Waals surface area contributed by atoms with Crippen LogP contribution in [0.3, 0.4) is 0 Å². The predicted molar refractivity (Wildman–Crippen MR) is 50.5 cm³/mol. The summed E-state index contributed by atoms with van der Waals surface area (Å²) in [6, 6.07) is 0.105. The first kappa shape index (κ1) is 10.1. The first-order chi connectivity index (χ1) is 6.20. The average molecular weight is 200 g/mol. The number of nitrogens with one attached hydrogen (secondary N) is 1. The summed E-state index contributed by atoms with van der Waals surface area (Å²) in [6.45, 7) is 2.48. The van der Waals surface area contributed by atoms with Crippen LogP contribution in [0, 0.1) is 0 Å². The summed E-state index contributed by atoms with van der Waals surface area (Å²) in [5, 5.41) is 2.70. The minimum Gasteiger partial charge on any atom is -0.351 e. The fourth-order valence-corrected chi connectivity index (χ4v) is 1.18. The summed E-state index contributed by atoms with van der Waals surface area (Å²) < 4.78 is 7.53. The van der Waals surface area contributed by atoms with Gasteiger partial charge in [0.05, 0.1) is 17.9 Å². The Kier molecular flexibility index (Phi) is 3.78. The minimum atomic E-state index is -0.186. The van der Waals surface area contributed by atoms with Crippen molar-refractivity contribution in [3.05, 3.63) is 11.9 Å². The summed E-state index contributed by atoms with van der Waals surface area (Å²) >= 11 is 1.02. The van der Waals surface area contributed by atoms with Crippen LogP contribution in [0.15, 0.2) is 6.20 Å². The normalized spacial score (nSPS) is 12.5. The highest BCUT2D eigenvalue weighted by atomic mass is 32.1. The van der Waals surface area contributed by atoms with E-state index in [0.29, 0.717) is 12.2 Å². The molecule has 1 unspecified atom stereocenters.